The first-order valence-corrected chi connectivity index (χ1v) is 5.55. The molecule has 0 aromatic carbocycles. The van der Waals surface area contributed by atoms with Gasteiger partial charge in [-0.15, -0.1) is 0 Å². The van der Waals surface area contributed by atoms with Crippen LogP contribution in [0.25, 0.3) is 0 Å². The maximum absolute atomic E-state index is 5.95. The van der Waals surface area contributed by atoms with Crippen molar-refractivity contribution in [3.05, 3.63) is 22.3 Å². The molecule has 1 aromatic heterocycles. The molecule has 0 aliphatic rings. The van der Waals surface area contributed by atoms with Crippen molar-refractivity contribution in [1.82, 2.24) is 9.88 Å². The van der Waals surface area contributed by atoms with Crippen molar-refractivity contribution in [1.29, 1.82) is 0 Å². The molecular formula is C10H15Cl2N3. The van der Waals surface area contributed by atoms with E-state index in [1.54, 1.807) is 12.3 Å². The van der Waals surface area contributed by atoms with Crippen molar-refractivity contribution < 1.29 is 0 Å². The third-order valence-corrected chi connectivity index (χ3v) is 2.38. The Balaban J connectivity index is 2.37. The number of nitrogens with zero attached hydrogens (tertiary/aromatic N) is 2. The van der Waals surface area contributed by atoms with Gasteiger partial charge in [0.05, 0.1) is 10.0 Å². The van der Waals surface area contributed by atoms with E-state index in [1.165, 1.54) is 0 Å². The molecule has 1 heterocycles. The predicted octanol–water partition coefficient (Wildman–Crippen LogP) is 2.75. The molecule has 5 heteroatoms. The zero-order valence-corrected chi connectivity index (χ0v) is 10.4. The fourth-order valence-electron chi connectivity index (χ4n) is 1.15. The number of nitrogens with one attached hydrogen (secondary N) is 1. The zero-order chi connectivity index (χ0) is 11.3. The Bertz CT molecular complexity index is 316. The summed E-state index contributed by atoms with van der Waals surface area (Å²) in [6.07, 6.45) is 2.63. The first-order valence-electron chi connectivity index (χ1n) is 4.79. The Morgan fingerprint density at radius 1 is 1.40 bits per heavy atom. The molecule has 0 amide bonds. The lowest BCUT2D eigenvalue weighted by Gasteiger charge is -2.10. The van der Waals surface area contributed by atoms with Gasteiger partial charge in [0.25, 0.3) is 0 Å². The van der Waals surface area contributed by atoms with E-state index in [4.69, 9.17) is 23.2 Å². The molecule has 84 valence electrons. The van der Waals surface area contributed by atoms with Crippen molar-refractivity contribution in [3.8, 4) is 0 Å². The SMILES string of the molecule is CN(C)CCCNc1ncc(Cl)cc1Cl. The summed E-state index contributed by atoms with van der Waals surface area (Å²) in [5.74, 6) is 0.694. The normalized spacial score (nSPS) is 10.7. The minimum Gasteiger partial charge on any atom is -0.369 e. The molecule has 0 aliphatic heterocycles. The first kappa shape index (κ1) is 12.6. The number of hydrogen-bond donors (Lipinski definition) is 1. The number of halogens is 2. The Morgan fingerprint density at radius 2 is 2.13 bits per heavy atom. The quantitative estimate of drug-likeness (QED) is 0.812. The Kier molecular flexibility index (Phi) is 5.15. The third kappa shape index (κ3) is 4.69. The summed E-state index contributed by atoms with van der Waals surface area (Å²) in [5, 5.41) is 4.28. The predicted molar refractivity (Wildman–Crippen MR) is 65.9 cm³/mol. The number of anilines is 1. The Morgan fingerprint density at radius 3 is 2.73 bits per heavy atom. The Labute approximate surface area is 100 Å². The van der Waals surface area contributed by atoms with E-state index in [1.807, 2.05) is 14.1 Å². The second kappa shape index (κ2) is 6.16. The highest BCUT2D eigenvalue weighted by Gasteiger charge is 2.01. The van der Waals surface area contributed by atoms with Gasteiger partial charge in [-0.1, -0.05) is 23.2 Å². The molecule has 1 aromatic rings. The summed E-state index contributed by atoms with van der Waals surface area (Å²) in [5.41, 5.74) is 0. The topological polar surface area (TPSA) is 28.2 Å². The van der Waals surface area contributed by atoms with E-state index in [9.17, 15) is 0 Å². The van der Waals surface area contributed by atoms with Gasteiger partial charge in [0.1, 0.15) is 5.82 Å². The molecule has 0 radical (unpaired) electrons. The largest absolute Gasteiger partial charge is 0.369 e. The van der Waals surface area contributed by atoms with Crippen LogP contribution in [0.3, 0.4) is 0 Å². The van der Waals surface area contributed by atoms with E-state index in [0.717, 1.165) is 19.5 Å². The van der Waals surface area contributed by atoms with Crippen molar-refractivity contribution in [2.75, 3.05) is 32.5 Å². The molecule has 1 N–H and O–H groups in total. The average Bonchev–Trinajstić information content (AvgIpc) is 2.14. The fraction of sp³-hybridized carbons (Fsp3) is 0.500. The molecule has 0 bridgehead atoms. The van der Waals surface area contributed by atoms with Gasteiger partial charge in [0, 0.05) is 12.7 Å². The molecule has 0 spiro atoms. The summed E-state index contributed by atoms with van der Waals surface area (Å²) >= 11 is 11.7. The molecule has 0 saturated heterocycles. The second-order valence-corrected chi connectivity index (χ2v) is 4.41. The van der Waals surface area contributed by atoms with Crippen LogP contribution in [-0.4, -0.2) is 37.1 Å². The standard InChI is InChI=1S/C10H15Cl2N3/c1-15(2)5-3-4-13-10-9(12)6-8(11)7-14-10/h6-7H,3-5H2,1-2H3,(H,13,14). The monoisotopic (exact) mass is 247 g/mol. The van der Waals surface area contributed by atoms with Crippen LogP contribution in [0.1, 0.15) is 6.42 Å². The van der Waals surface area contributed by atoms with Crippen LogP contribution in [0.4, 0.5) is 5.82 Å². The molecule has 0 fully saturated rings. The van der Waals surface area contributed by atoms with E-state index < -0.39 is 0 Å². The van der Waals surface area contributed by atoms with Crippen LogP contribution in [0, 0.1) is 0 Å². The fourth-order valence-corrected chi connectivity index (χ4v) is 1.59. The summed E-state index contributed by atoms with van der Waals surface area (Å²) in [6, 6.07) is 1.68. The van der Waals surface area contributed by atoms with E-state index in [-0.39, 0.29) is 0 Å². The van der Waals surface area contributed by atoms with Gasteiger partial charge in [-0.3, -0.25) is 0 Å². The van der Waals surface area contributed by atoms with E-state index >= 15 is 0 Å². The van der Waals surface area contributed by atoms with Gasteiger partial charge in [0.15, 0.2) is 0 Å². The number of rotatable bonds is 5. The summed E-state index contributed by atoms with van der Waals surface area (Å²) in [7, 11) is 4.10. The van der Waals surface area contributed by atoms with Crippen LogP contribution < -0.4 is 5.32 Å². The average molecular weight is 248 g/mol. The van der Waals surface area contributed by atoms with Crippen LogP contribution in [0.5, 0.6) is 0 Å². The molecule has 0 aliphatic carbocycles. The smallest absolute Gasteiger partial charge is 0.144 e. The Hall–Kier alpha value is -0.510. The van der Waals surface area contributed by atoms with Crippen LogP contribution in [0.15, 0.2) is 12.3 Å². The van der Waals surface area contributed by atoms with Crippen molar-refractivity contribution >= 4 is 29.0 Å². The summed E-state index contributed by atoms with van der Waals surface area (Å²) in [6.45, 7) is 1.89. The van der Waals surface area contributed by atoms with E-state index in [2.05, 4.69) is 15.2 Å². The van der Waals surface area contributed by atoms with E-state index in [0.29, 0.717) is 15.9 Å². The van der Waals surface area contributed by atoms with Gasteiger partial charge in [0.2, 0.25) is 0 Å². The second-order valence-electron chi connectivity index (χ2n) is 3.57. The highest BCUT2D eigenvalue weighted by atomic mass is 35.5. The molecular weight excluding hydrogens is 233 g/mol. The van der Waals surface area contributed by atoms with Crippen molar-refractivity contribution in [2.24, 2.45) is 0 Å². The van der Waals surface area contributed by atoms with Gasteiger partial charge in [-0.25, -0.2) is 4.98 Å². The minimum absolute atomic E-state index is 0.554. The minimum atomic E-state index is 0.554. The zero-order valence-electron chi connectivity index (χ0n) is 8.93. The van der Waals surface area contributed by atoms with Gasteiger partial charge >= 0.3 is 0 Å². The lowest BCUT2D eigenvalue weighted by atomic mass is 10.4. The van der Waals surface area contributed by atoms with Crippen LogP contribution in [-0.2, 0) is 0 Å². The lowest BCUT2D eigenvalue weighted by molar-refractivity contribution is 0.405. The molecule has 0 atom stereocenters. The lowest BCUT2D eigenvalue weighted by Crippen LogP contribution is -2.16. The van der Waals surface area contributed by atoms with Crippen molar-refractivity contribution in [3.63, 3.8) is 0 Å². The molecule has 1 rings (SSSR count). The molecule has 0 unspecified atom stereocenters. The third-order valence-electron chi connectivity index (χ3n) is 1.88. The maximum atomic E-state index is 5.95. The highest BCUT2D eigenvalue weighted by molar-refractivity contribution is 6.35. The maximum Gasteiger partial charge on any atom is 0.144 e. The first-order chi connectivity index (χ1) is 7.09. The van der Waals surface area contributed by atoms with Gasteiger partial charge in [-0.2, -0.15) is 0 Å². The van der Waals surface area contributed by atoms with Crippen LogP contribution in [0.2, 0.25) is 10.0 Å². The van der Waals surface area contributed by atoms with Gasteiger partial charge in [-0.05, 0) is 33.1 Å². The summed E-state index contributed by atoms with van der Waals surface area (Å²) < 4.78 is 0. The molecule has 0 saturated carbocycles. The number of hydrogen-bond acceptors (Lipinski definition) is 3. The van der Waals surface area contributed by atoms with Gasteiger partial charge < -0.3 is 10.2 Å². The molecule has 15 heavy (non-hydrogen) atoms. The van der Waals surface area contributed by atoms with Crippen LogP contribution >= 0.6 is 23.2 Å². The number of aromatic nitrogens is 1. The van der Waals surface area contributed by atoms with Crippen molar-refractivity contribution in [2.45, 2.75) is 6.42 Å². The molecule has 3 nitrogen and oxygen atoms in total. The number of pyridine rings is 1. The highest BCUT2D eigenvalue weighted by Crippen LogP contribution is 2.22. The summed E-state index contributed by atoms with van der Waals surface area (Å²) in [4.78, 5) is 6.24.